The van der Waals surface area contributed by atoms with Gasteiger partial charge in [0.2, 0.25) is 5.76 Å². The number of carboxylic acid groups (broad SMARTS) is 2. The normalized spacial score (nSPS) is 15.3. The first-order chi connectivity index (χ1) is 10.5. The highest BCUT2D eigenvalue weighted by Crippen LogP contribution is 2.36. The van der Waals surface area contributed by atoms with Gasteiger partial charge in [-0.1, -0.05) is 0 Å². The molecule has 1 fully saturated rings. The molecule has 0 unspecified atom stereocenters. The lowest BCUT2D eigenvalue weighted by molar-refractivity contribution is 0.0665. The van der Waals surface area contributed by atoms with E-state index in [1.54, 1.807) is 6.07 Å². The van der Waals surface area contributed by atoms with Crippen molar-refractivity contribution in [3.05, 3.63) is 28.4 Å². The van der Waals surface area contributed by atoms with Gasteiger partial charge in [-0.3, -0.25) is 0 Å². The minimum absolute atomic E-state index is 0.108. The summed E-state index contributed by atoms with van der Waals surface area (Å²) in [5.41, 5.74) is 1.40. The summed E-state index contributed by atoms with van der Waals surface area (Å²) in [5.74, 6) is -1.22. The number of amides is 1. The standard InChI is InChI=1S/C14H13BrN2O5/c15-12-8-7-11(13(18)19)22-10(8)2-1-9(12)16-3-5-17(6-4-16)14(20)21/h1-2,7H,3-6H2,(H,18,19)(H,20,21). The highest BCUT2D eigenvalue weighted by molar-refractivity contribution is 9.10. The van der Waals surface area contributed by atoms with Crippen molar-refractivity contribution in [2.24, 2.45) is 0 Å². The Labute approximate surface area is 133 Å². The Hall–Kier alpha value is -2.22. The molecule has 8 heteroatoms. The second kappa shape index (κ2) is 5.53. The van der Waals surface area contributed by atoms with Crippen molar-refractivity contribution in [1.29, 1.82) is 0 Å². The van der Waals surface area contributed by atoms with E-state index in [9.17, 15) is 9.59 Å². The minimum atomic E-state index is -1.11. The van der Waals surface area contributed by atoms with Crippen LogP contribution in [-0.2, 0) is 0 Å². The number of aromatic carboxylic acids is 1. The summed E-state index contributed by atoms with van der Waals surface area (Å²) in [6, 6.07) is 5.06. The smallest absolute Gasteiger partial charge is 0.407 e. The Bertz CT molecular complexity index is 749. The molecule has 2 N–H and O–H groups in total. The number of fused-ring (bicyclic) bond motifs is 1. The second-order valence-electron chi connectivity index (χ2n) is 4.98. The van der Waals surface area contributed by atoms with Crippen molar-refractivity contribution in [2.75, 3.05) is 31.1 Å². The van der Waals surface area contributed by atoms with Gasteiger partial charge in [0.25, 0.3) is 0 Å². The first kappa shape index (κ1) is 14.7. The highest BCUT2D eigenvalue weighted by Gasteiger charge is 2.23. The van der Waals surface area contributed by atoms with Gasteiger partial charge >= 0.3 is 12.1 Å². The maximum absolute atomic E-state index is 11.0. The number of carboxylic acids is 1. The molecule has 3 rings (SSSR count). The van der Waals surface area contributed by atoms with Crippen LogP contribution in [-0.4, -0.2) is 53.4 Å². The molecule has 0 aliphatic carbocycles. The number of anilines is 1. The number of benzene rings is 1. The summed E-state index contributed by atoms with van der Waals surface area (Å²) >= 11 is 3.50. The van der Waals surface area contributed by atoms with E-state index in [1.807, 2.05) is 6.07 Å². The monoisotopic (exact) mass is 368 g/mol. The van der Waals surface area contributed by atoms with E-state index in [1.165, 1.54) is 11.0 Å². The number of hydrogen-bond acceptors (Lipinski definition) is 4. The average molecular weight is 369 g/mol. The summed E-state index contributed by atoms with van der Waals surface area (Å²) in [6.45, 7) is 2.04. The third-order valence-corrected chi connectivity index (χ3v) is 4.55. The van der Waals surface area contributed by atoms with Gasteiger partial charge in [0.15, 0.2) is 0 Å². The molecule has 0 saturated carbocycles. The number of nitrogens with zero attached hydrogens (tertiary/aromatic N) is 2. The van der Waals surface area contributed by atoms with Gasteiger partial charge in [-0.25, -0.2) is 9.59 Å². The van der Waals surface area contributed by atoms with Gasteiger partial charge in [-0.05, 0) is 28.1 Å². The lowest BCUT2D eigenvalue weighted by Gasteiger charge is -2.35. The zero-order valence-electron chi connectivity index (χ0n) is 11.5. The van der Waals surface area contributed by atoms with Crippen LogP contribution in [0.3, 0.4) is 0 Å². The zero-order chi connectivity index (χ0) is 15.9. The molecule has 2 heterocycles. The molecule has 22 heavy (non-hydrogen) atoms. The Morgan fingerprint density at radius 2 is 1.82 bits per heavy atom. The molecule has 1 aromatic heterocycles. The van der Waals surface area contributed by atoms with Crippen molar-refractivity contribution in [1.82, 2.24) is 4.90 Å². The molecule has 116 valence electrons. The SMILES string of the molecule is O=C(O)c1cc2c(Br)c(N3CCN(C(=O)O)CC3)ccc2o1. The molecule has 1 saturated heterocycles. The van der Waals surface area contributed by atoms with Crippen LogP contribution in [0.15, 0.2) is 27.1 Å². The van der Waals surface area contributed by atoms with Crippen LogP contribution in [0.2, 0.25) is 0 Å². The Kier molecular flexibility index (Phi) is 3.69. The van der Waals surface area contributed by atoms with Crippen LogP contribution in [0.5, 0.6) is 0 Å². The Morgan fingerprint density at radius 3 is 2.41 bits per heavy atom. The van der Waals surface area contributed by atoms with Crippen LogP contribution in [0.25, 0.3) is 11.0 Å². The number of carbonyl (C=O) groups is 2. The molecule has 0 atom stereocenters. The van der Waals surface area contributed by atoms with E-state index in [0.29, 0.717) is 37.1 Å². The third-order valence-electron chi connectivity index (χ3n) is 3.72. The number of hydrogen-bond donors (Lipinski definition) is 2. The molecule has 0 radical (unpaired) electrons. The Morgan fingerprint density at radius 1 is 1.14 bits per heavy atom. The summed E-state index contributed by atoms with van der Waals surface area (Å²) in [7, 11) is 0. The van der Waals surface area contributed by atoms with Gasteiger partial charge < -0.3 is 24.4 Å². The van der Waals surface area contributed by atoms with Crippen LogP contribution in [0.4, 0.5) is 10.5 Å². The lowest BCUT2D eigenvalue weighted by atomic mass is 10.2. The number of piperazine rings is 1. The third kappa shape index (κ3) is 2.50. The predicted octanol–water partition coefficient (Wildman–Crippen LogP) is 2.69. The molecule has 1 aliphatic heterocycles. The van der Waals surface area contributed by atoms with Crippen molar-refractivity contribution in [2.45, 2.75) is 0 Å². The fourth-order valence-corrected chi connectivity index (χ4v) is 3.25. The maximum atomic E-state index is 11.0. The van der Waals surface area contributed by atoms with Crippen molar-refractivity contribution in [3.63, 3.8) is 0 Å². The number of halogens is 1. The Balaban J connectivity index is 1.90. The molecular formula is C14H13BrN2O5. The molecule has 1 aliphatic rings. The summed E-state index contributed by atoms with van der Waals surface area (Å²) in [6.07, 6.45) is -0.907. The molecule has 1 amide bonds. The second-order valence-corrected chi connectivity index (χ2v) is 5.78. The molecular weight excluding hydrogens is 356 g/mol. The minimum Gasteiger partial charge on any atom is -0.475 e. The molecule has 1 aromatic carbocycles. The van der Waals surface area contributed by atoms with E-state index in [4.69, 9.17) is 14.6 Å². The zero-order valence-corrected chi connectivity index (χ0v) is 13.0. The topological polar surface area (TPSA) is 94.2 Å². The van der Waals surface area contributed by atoms with Crippen LogP contribution in [0.1, 0.15) is 10.6 Å². The van der Waals surface area contributed by atoms with Crippen LogP contribution in [0, 0.1) is 0 Å². The van der Waals surface area contributed by atoms with E-state index in [-0.39, 0.29) is 5.76 Å². The molecule has 0 bridgehead atoms. The molecule has 7 nitrogen and oxygen atoms in total. The quantitative estimate of drug-likeness (QED) is 0.846. The predicted molar refractivity (Wildman–Crippen MR) is 82.7 cm³/mol. The molecule has 0 spiro atoms. The number of furan rings is 1. The average Bonchev–Trinajstić information content (AvgIpc) is 2.93. The van der Waals surface area contributed by atoms with E-state index >= 15 is 0 Å². The van der Waals surface area contributed by atoms with E-state index in [2.05, 4.69) is 20.8 Å². The van der Waals surface area contributed by atoms with Gasteiger partial charge in [-0.2, -0.15) is 0 Å². The van der Waals surface area contributed by atoms with Gasteiger partial charge in [0.1, 0.15) is 5.58 Å². The largest absolute Gasteiger partial charge is 0.475 e. The molecule has 2 aromatic rings. The lowest BCUT2D eigenvalue weighted by Crippen LogP contribution is -2.48. The van der Waals surface area contributed by atoms with Crippen molar-refractivity contribution < 1.29 is 24.2 Å². The number of rotatable bonds is 2. The van der Waals surface area contributed by atoms with Crippen LogP contribution < -0.4 is 4.90 Å². The summed E-state index contributed by atoms with van der Waals surface area (Å²) in [4.78, 5) is 25.4. The van der Waals surface area contributed by atoms with E-state index < -0.39 is 12.1 Å². The van der Waals surface area contributed by atoms with Crippen LogP contribution >= 0.6 is 15.9 Å². The van der Waals surface area contributed by atoms with Gasteiger partial charge in [0, 0.05) is 37.6 Å². The summed E-state index contributed by atoms with van der Waals surface area (Å²) < 4.78 is 6.02. The maximum Gasteiger partial charge on any atom is 0.407 e. The first-order valence-corrected chi connectivity index (χ1v) is 7.45. The fraction of sp³-hybridized carbons (Fsp3) is 0.286. The fourth-order valence-electron chi connectivity index (χ4n) is 2.55. The summed E-state index contributed by atoms with van der Waals surface area (Å²) in [5, 5.41) is 18.7. The van der Waals surface area contributed by atoms with Gasteiger partial charge in [-0.15, -0.1) is 0 Å². The van der Waals surface area contributed by atoms with E-state index in [0.717, 1.165) is 10.2 Å². The van der Waals surface area contributed by atoms with Gasteiger partial charge in [0.05, 0.1) is 10.2 Å². The highest BCUT2D eigenvalue weighted by atomic mass is 79.9. The van der Waals surface area contributed by atoms with Crippen molar-refractivity contribution in [3.8, 4) is 0 Å². The first-order valence-electron chi connectivity index (χ1n) is 6.65. The van der Waals surface area contributed by atoms with Crippen molar-refractivity contribution >= 4 is 44.6 Å².